The number of rotatable bonds is 10. The first-order valence-electron chi connectivity index (χ1n) is 11.0. The average molecular weight is 459 g/mol. The van der Waals surface area contributed by atoms with Crippen LogP contribution in [0.25, 0.3) is 0 Å². The molecule has 1 aromatic rings. The van der Waals surface area contributed by atoms with Gasteiger partial charge in [-0.1, -0.05) is 50.3 Å². The van der Waals surface area contributed by atoms with Crippen LogP contribution in [0, 0.1) is 5.92 Å². The van der Waals surface area contributed by atoms with Crippen LogP contribution in [-0.2, 0) is 4.74 Å². The molecule has 0 saturated carbocycles. The first-order valence-corrected chi connectivity index (χ1v) is 11.4. The van der Waals surface area contributed by atoms with Crippen LogP contribution in [0.4, 0.5) is 5.82 Å². The molecule has 2 unspecified atom stereocenters. The normalized spacial score (nSPS) is 19.0. The molecule has 0 bridgehead atoms. The maximum Gasteiger partial charge on any atom is 0.234 e. The monoisotopic (exact) mass is 458 g/mol. The number of hydrogen-bond acceptors (Lipinski definition) is 5. The van der Waals surface area contributed by atoms with E-state index < -0.39 is 0 Å². The summed E-state index contributed by atoms with van der Waals surface area (Å²) in [6, 6.07) is 3.51. The number of halogens is 1. The van der Waals surface area contributed by atoms with Crippen LogP contribution in [0.3, 0.4) is 0 Å². The second-order valence-corrected chi connectivity index (χ2v) is 8.00. The maximum absolute atomic E-state index is 6.25. The molecule has 7 heteroatoms. The van der Waals surface area contributed by atoms with E-state index in [4.69, 9.17) is 21.1 Å². The molecule has 0 aromatic carbocycles. The van der Waals surface area contributed by atoms with Crippen molar-refractivity contribution in [1.29, 1.82) is 0 Å². The van der Waals surface area contributed by atoms with E-state index in [0.29, 0.717) is 41.7 Å². The molecule has 0 spiro atoms. The zero-order valence-electron chi connectivity index (χ0n) is 19.7. The number of nitrogens with zero attached hydrogens (tertiary/aromatic N) is 2. The lowest BCUT2D eigenvalue weighted by Crippen LogP contribution is -2.20. The molecule has 32 heavy (non-hydrogen) atoms. The predicted molar refractivity (Wildman–Crippen MR) is 134 cm³/mol. The van der Waals surface area contributed by atoms with Crippen LogP contribution in [0.5, 0.6) is 5.88 Å². The van der Waals surface area contributed by atoms with Gasteiger partial charge in [0.1, 0.15) is 17.0 Å². The molecule has 1 saturated heterocycles. The highest BCUT2D eigenvalue weighted by Gasteiger charge is 2.19. The summed E-state index contributed by atoms with van der Waals surface area (Å²) in [5.41, 5.74) is 3.05. The Balaban J connectivity index is 2.17. The number of ether oxygens (including phenoxy) is 2. The van der Waals surface area contributed by atoms with Crippen molar-refractivity contribution in [3.63, 3.8) is 0 Å². The highest BCUT2D eigenvalue weighted by Crippen LogP contribution is 2.27. The number of hydrogen-bond donors (Lipinski definition) is 2. The van der Waals surface area contributed by atoms with Crippen LogP contribution in [-0.4, -0.2) is 37.2 Å². The number of pyridine rings is 1. The third-order valence-corrected chi connectivity index (χ3v) is 5.54. The standard InChI is InChI=1S/C25H35ClN4O2/c1-7-17(4)23(27-6)12-10-19(8-2)22(9-3)28-18(5)29-24-13-11-21(26)25(30-24)32-20-14-15-31-16-20/h8-13,17,20,27H,2,7,14-16H2,1,3-6H3,(H,28,29,30)/b19-10+,22-9-,23-12+. The SMILES string of the molecule is C=CC(=C\C=C(\NC)C(C)CC)/C(=C/C)NC(C)=Nc1ccc(Cl)c(OC2CCOC2)n1. The van der Waals surface area contributed by atoms with Gasteiger partial charge < -0.3 is 20.1 Å². The molecule has 0 amide bonds. The molecule has 1 fully saturated rings. The van der Waals surface area contributed by atoms with Crippen LogP contribution in [0.2, 0.25) is 5.02 Å². The minimum atomic E-state index is -0.0284. The van der Waals surface area contributed by atoms with Gasteiger partial charge in [0.15, 0.2) is 5.82 Å². The topological polar surface area (TPSA) is 67.8 Å². The quantitative estimate of drug-likeness (QED) is 0.267. The lowest BCUT2D eigenvalue weighted by Gasteiger charge is -2.14. The number of amidine groups is 1. The Kier molecular flexibility index (Phi) is 10.5. The molecule has 2 N–H and O–H groups in total. The van der Waals surface area contributed by atoms with Gasteiger partial charge in [0, 0.05) is 24.9 Å². The lowest BCUT2D eigenvalue weighted by molar-refractivity contribution is 0.138. The molecular formula is C25H35ClN4O2. The number of nitrogens with one attached hydrogen (secondary N) is 2. The fourth-order valence-corrected chi connectivity index (χ4v) is 3.34. The van der Waals surface area contributed by atoms with Crippen molar-refractivity contribution in [3.05, 3.63) is 65.0 Å². The second-order valence-electron chi connectivity index (χ2n) is 7.59. The summed E-state index contributed by atoms with van der Waals surface area (Å²) in [6.45, 7) is 13.4. The van der Waals surface area contributed by atoms with E-state index in [2.05, 4.69) is 53.2 Å². The van der Waals surface area contributed by atoms with E-state index in [0.717, 1.165) is 24.1 Å². The third kappa shape index (κ3) is 7.53. The van der Waals surface area contributed by atoms with E-state index >= 15 is 0 Å². The van der Waals surface area contributed by atoms with Gasteiger partial charge in [-0.15, -0.1) is 0 Å². The maximum atomic E-state index is 6.25. The predicted octanol–water partition coefficient (Wildman–Crippen LogP) is 5.71. The summed E-state index contributed by atoms with van der Waals surface area (Å²) in [4.78, 5) is 9.05. The first kappa shape index (κ1) is 25.7. The Hall–Kier alpha value is -2.57. The van der Waals surface area contributed by atoms with Crippen molar-refractivity contribution in [1.82, 2.24) is 15.6 Å². The summed E-state index contributed by atoms with van der Waals surface area (Å²) >= 11 is 6.25. The van der Waals surface area contributed by atoms with Gasteiger partial charge in [0.2, 0.25) is 5.88 Å². The largest absolute Gasteiger partial charge is 0.471 e. The smallest absolute Gasteiger partial charge is 0.234 e. The number of aromatic nitrogens is 1. The molecule has 2 heterocycles. The third-order valence-electron chi connectivity index (χ3n) is 5.26. The minimum absolute atomic E-state index is 0.0284. The van der Waals surface area contributed by atoms with E-state index in [1.54, 1.807) is 12.1 Å². The van der Waals surface area contributed by atoms with Crippen LogP contribution >= 0.6 is 11.6 Å². The van der Waals surface area contributed by atoms with Crippen molar-refractivity contribution >= 4 is 23.3 Å². The van der Waals surface area contributed by atoms with Gasteiger partial charge >= 0.3 is 0 Å². The number of allylic oxidation sites excluding steroid dienone is 5. The van der Waals surface area contributed by atoms with E-state index in [9.17, 15) is 0 Å². The Morgan fingerprint density at radius 3 is 2.81 bits per heavy atom. The molecule has 174 valence electrons. The van der Waals surface area contributed by atoms with E-state index in [1.807, 2.05) is 33.0 Å². The molecule has 2 atom stereocenters. The molecule has 0 radical (unpaired) electrons. The fourth-order valence-electron chi connectivity index (χ4n) is 3.19. The van der Waals surface area contributed by atoms with Crippen molar-refractivity contribution in [2.75, 3.05) is 20.3 Å². The summed E-state index contributed by atoms with van der Waals surface area (Å²) in [6.07, 6.45) is 9.83. The Labute approximate surface area is 197 Å². The molecule has 1 aromatic heterocycles. The van der Waals surface area contributed by atoms with Crippen molar-refractivity contribution in [3.8, 4) is 5.88 Å². The Morgan fingerprint density at radius 1 is 1.44 bits per heavy atom. The summed E-state index contributed by atoms with van der Waals surface area (Å²) in [7, 11) is 1.95. The summed E-state index contributed by atoms with van der Waals surface area (Å²) in [5.74, 6) is 2.04. The van der Waals surface area contributed by atoms with E-state index in [1.165, 1.54) is 5.70 Å². The molecular weight excluding hydrogens is 424 g/mol. The second kappa shape index (κ2) is 13.1. The first-order chi connectivity index (χ1) is 15.4. The number of aliphatic imine (C=N–C) groups is 1. The van der Waals surface area contributed by atoms with Gasteiger partial charge in [-0.05, 0) is 50.0 Å². The van der Waals surface area contributed by atoms with Gasteiger partial charge in [-0.25, -0.2) is 4.99 Å². The van der Waals surface area contributed by atoms with Gasteiger partial charge in [-0.2, -0.15) is 4.98 Å². The molecule has 6 nitrogen and oxygen atoms in total. The van der Waals surface area contributed by atoms with Crippen LogP contribution in [0.15, 0.2) is 65.0 Å². The fraction of sp³-hybridized carbons (Fsp3) is 0.440. The summed E-state index contributed by atoms with van der Waals surface area (Å²) in [5, 5.41) is 7.08. The van der Waals surface area contributed by atoms with Crippen LogP contribution < -0.4 is 15.4 Å². The minimum Gasteiger partial charge on any atom is -0.471 e. The molecule has 0 aliphatic carbocycles. The molecule has 1 aliphatic rings. The lowest BCUT2D eigenvalue weighted by atomic mass is 10.0. The van der Waals surface area contributed by atoms with Gasteiger partial charge in [0.05, 0.1) is 13.2 Å². The highest BCUT2D eigenvalue weighted by molar-refractivity contribution is 6.31. The van der Waals surface area contributed by atoms with Crippen LogP contribution in [0.1, 0.15) is 40.5 Å². The zero-order valence-corrected chi connectivity index (χ0v) is 20.5. The average Bonchev–Trinajstić information content (AvgIpc) is 3.30. The van der Waals surface area contributed by atoms with Crippen molar-refractivity contribution < 1.29 is 9.47 Å². The summed E-state index contributed by atoms with van der Waals surface area (Å²) < 4.78 is 11.2. The van der Waals surface area contributed by atoms with Crippen molar-refractivity contribution in [2.24, 2.45) is 10.9 Å². The van der Waals surface area contributed by atoms with E-state index in [-0.39, 0.29) is 6.10 Å². The highest BCUT2D eigenvalue weighted by atomic mass is 35.5. The van der Waals surface area contributed by atoms with Gasteiger partial charge in [-0.3, -0.25) is 0 Å². The Morgan fingerprint density at radius 2 is 2.22 bits per heavy atom. The van der Waals surface area contributed by atoms with Crippen molar-refractivity contribution in [2.45, 2.75) is 46.6 Å². The zero-order chi connectivity index (χ0) is 23.5. The van der Waals surface area contributed by atoms with Gasteiger partial charge in [0.25, 0.3) is 0 Å². The molecule has 2 rings (SSSR count). The Bertz CT molecular complexity index is 899. The molecule has 1 aliphatic heterocycles.